The number of rotatable bonds is 3. The van der Waals surface area contributed by atoms with Gasteiger partial charge in [0, 0.05) is 12.2 Å². The Morgan fingerprint density at radius 2 is 2.23 bits per heavy atom. The molecule has 22 heavy (non-hydrogen) atoms. The molecule has 1 aromatic carbocycles. The number of benzene rings is 1. The smallest absolute Gasteiger partial charge is 0.277 e. The summed E-state index contributed by atoms with van der Waals surface area (Å²) >= 11 is 0. The van der Waals surface area contributed by atoms with Crippen LogP contribution in [0.2, 0.25) is 0 Å². The third-order valence-electron chi connectivity index (χ3n) is 3.22. The minimum Gasteiger partial charge on any atom is -0.320 e. The lowest BCUT2D eigenvalue weighted by Crippen LogP contribution is -2.26. The average molecular weight is 325 g/mol. The number of anilines is 2. The van der Waals surface area contributed by atoms with Gasteiger partial charge in [0.25, 0.3) is 5.91 Å². The molecule has 0 bridgehead atoms. The van der Waals surface area contributed by atoms with E-state index in [9.17, 15) is 17.6 Å². The molecular weight excluding hydrogens is 313 g/mol. The molecular formula is C12H12FN5O3S. The number of hydrogen-bond donors (Lipinski definition) is 2. The van der Waals surface area contributed by atoms with E-state index in [0.717, 1.165) is 10.4 Å². The number of aromatic nitrogens is 3. The van der Waals surface area contributed by atoms with Crippen molar-refractivity contribution in [2.75, 3.05) is 21.9 Å². The molecule has 8 nitrogen and oxygen atoms in total. The van der Waals surface area contributed by atoms with Crippen molar-refractivity contribution >= 4 is 27.3 Å². The zero-order chi connectivity index (χ0) is 15.7. The van der Waals surface area contributed by atoms with Crippen molar-refractivity contribution in [2.24, 2.45) is 0 Å². The number of aromatic amines is 1. The van der Waals surface area contributed by atoms with Gasteiger partial charge in [0.05, 0.1) is 17.6 Å². The van der Waals surface area contributed by atoms with Crippen molar-refractivity contribution in [1.29, 1.82) is 0 Å². The molecule has 1 amide bonds. The minimum absolute atomic E-state index is 0.0119. The second kappa shape index (κ2) is 5.37. The van der Waals surface area contributed by atoms with E-state index >= 15 is 0 Å². The largest absolute Gasteiger partial charge is 0.320 e. The van der Waals surface area contributed by atoms with Crippen LogP contribution in [0, 0.1) is 5.82 Å². The van der Waals surface area contributed by atoms with Gasteiger partial charge in [0.15, 0.2) is 5.69 Å². The number of nitrogens with zero attached hydrogens (tertiary/aromatic N) is 3. The van der Waals surface area contributed by atoms with Gasteiger partial charge in [-0.3, -0.25) is 9.10 Å². The molecule has 0 unspecified atom stereocenters. The van der Waals surface area contributed by atoms with E-state index in [1.807, 2.05) is 0 Å². The second-order valence-corrected chi connectivity index (χ2v) is 6.73. The van der Waals surface area contributed by atoms with Crippen molar-refractivity contribution in [2.45, 2.75) is 6.42 Å². The molecule has 0 radical (unpaired) electrons. The number of nitrogens with one attached hydrogen (secondary N) is 2. The molecule has 2 aromatic rings. The van der Waals surface area contributed by atoms with Gasteiger partial charge in [-0.25, -0.2) is 12.8 Å². The third kappa shape index (κ3) is 2.64. The van der Waals surface area contributed by atoms with Gasteiger partial charge in [0.1, 0.15) is 5.82 Å². The summed E-state index contributed by atoms with van der Waals surface area (Å²) in [6.07, 6.45) is 1.68. The highest BCUT2D eigenvalue weighted by Gasteiger charge is 2.30. The molecule has 10 heteroatoms. The van der Waals surface area contributed by atoms with Crippen LogP contribution in [0.3, 0.4) is 0 Å². The lowest BCUT2D eigenvalue weighted by molar-refractivity contribution is 0.102. The molecule has 3 rings (SSSR count). The van der Waals surface area contributed by atoms with E-state index in [0.29, 0.717) is 6.42 Å². The molecule has 116 valence electrons. The van der Waals surface area contributed by atoms with Crippen LogP contribution in [0.5, 0.6) is 0 Å². The number of amides is 1. The van der Waals surface area contributed by atoms with E-state index in [4.69, 9.17) is 0 Å². The van der Waals surface area contributed by atoms with E-state index in [2.05, 4.69) is 20.7 Å². The molecule has 1 fully saturated rings. The van der Waals surface area contributed by atoms with Crippen molar-refractivity contribution in [1.82, 2.24) is 15.4 Å². The van der Waals surface area contributed by atoms with Gasteiger partial charge >= 0.3 is 0 Å². The van der Waals surface area contributed by atoms with Gasteiger partial charge in [-0.2, -0.15) is 15.4 Å². The summed E-state index contributed by atoms with van der Waals surface area (Å²) in [5.74, 6) is -1.21. The van der Waals surface area contributed by atoms with Crippen LogP contribution in [0.25, 0.3) is 0 Å². The van der Waals surface area contributed by atoms with Crippen molar-refractivity contribution in [3.8, 4) is 0 Å². The highest BCUT2D eigenvalue weighted by Crippen LogP contribution is 2.29. The first-order chi connectivity index (χ1) is 10.5. The van der Waals surface area contributed by atoms with Crippen molar-refractivity contribution in [3.05, 3.63) is 35.9 Å². The van der Waals surface area contributed by atoms with E-state index in [-0.39, 0.29) is 29.4 Å². The summed E-state index contributed by atoms with van der Waals surface area (Å²) in [6.45, 7) is 0.222. The summed E-state index contributed by atoms with van der Waals surface area (Å²) in [4.78, 5) is 11.9. The van der Waals surface area contributed by atoms with Crippen LogP contribution < -0.4 is 9.62 Å². The van der Waals surface area contributed by atoms with Gasteiger partial charge in [-0.05, 0) is 24.6 Å². The number of halogens is 1. The van der Waals surface area contributed by atoms with Crippen LogP contribution in [0.1, 0.15) is 16.9 Å². The Morgan fingerprint density at radius 3 is 2.86 bits per heavy atom. The lowest BCUT2D eigenvalue weighted by Gasteiger charge is -2.18. The van der Waals surface area contributed by atoms with E-state index in [1.54, 1.807) is 0 Å². The Kier molecular flexibility index (Phi) is 3.53. The van der Waals surface area contributed by atoms with Crippen molar-refractivity contribution < 1.29 is 17.6 Å². The highest BCUT2D eigenvalue weighted by atomic mass is 32.2. The molecule has 1 aliphatic heterocycles. The highest BCUT2D eigenvalue weighted by molar-refractivity contribution is 7.93. The van der Waals surface area contributed by atoms with Crippen LogP contribution in [0.15, 0.2) is 24.4 Å². The minimum atomic E-state index is -3.50. The Labute approximate surface area is 125 Å². The molecule has 2 heterocycles. The van der Waals surface area contributed by atoms with E-state index < -0.39 is 21.7 Å². The normalized spacial score (nSPS) is 16.7. The topological polar surface area (TPSA) is 108 Å². The van der Waals surface area contributed by atoms with Crippen molar-refractivity contribution in [3.63, 3.8) is 0 Å². The fraction of sp³-hybridized carbons (Fsp3) is 0.250. The molecule has 1 aliphatic rings. The Hall–Kier alpha value is -2.49. The quantitative estimate of drug-likeness (QED) is 0.865. The maximum atomic E-state index is 13.9. The summed E-state index contributed by atoms with van der Waals surface area (Å²) in [5, 5.41) is 12.0. The zero-order valence-corrected chi connectivity index (χ0v) is 12.1. The fourth-order valence-electron chi connectivity index (χ4n) is 2.20. The SMILES string of the molecule is O=C(Nc1ccc(F)c(N2CCCS2(=O)=O)c1)c1cn[nH]n1. The van der Waals surface area contributed by atoms with Gasteiger partial charge in [0.2, 0.25) is 10.0 Å². The standard InChI is InChI=1S/C12H12FN5O3S/c13-9-3-2-8(15-12(19)10-7-14-17-16-10)6-11(9)18-4-1-5-22(18,20)21/h2-3,6-7H,1,4-5H2,(H,15,19)(H,14,16,17). The molecule has 0 spiro atoms. The summed E-state index contributed by atoms with van der Waals surface area (Å²) in [6, 6.07) is 3.75. The van der Waals surface area contributed by atoms with E-state index in [1.165, 1.54) is 18.3 Å². The maximum Gasteiger partial charge on any atom is 0.277 e. The predicted octanol–water partition coefficient (Wildman–Crippen LogP) is 0.736. The summed E-state index contributed by atoms with van der Waals surface area (Å²) in [5.41, 5.74) is 0.265. The average Bonchev–Trinajstić information content (AvgIpc) is 3.10. The van der Waals surface area contributed by atoms with Gasteiger partial charge in [-0.1, -0.05) is 0 Å². The molecule has 0 saturated carbocycles. The predicted molar refractivity (Wildman–Crippen MR) is 76.5 cm³/mol. The molecule has 0 aliphatic carbocycles. The summed E-state index contributed by atoms with van der Waals surface area (Å²) < 4.78 is 38.7. The first kappa shape index (κ1) is 14.4. The lowest BCUT2D eigenvalue weighted by atomic mass is 10.2. The Morgan fingerprint density at radius 1 is 1.41 bits per heavy atom. The number of carbonyl (C=O) groups excluding carboxylic acids is 1. The Bertz CT molecular complexity index is 806. The van der Waals surface area contributed by atoms with Crippen LogP contribution >= 0.6 is 0 Å². The molecule has 1 aromatic heterocycles. The number of hydrogen-bond acceptors (Lipinski definition) is 5. The maximum absolute atomic E-state index is 13.9. The number of sulfonamides is 1. The fourth-order valence-corrected chi connectivity index (χ4v) is 3.76. The first-order valence-electron chi connectivity index (χ1n) is 6.44. The zero-order valence-electron chi connectivity index (χ0n) is 11.3. The number of carbonyl (C=O) groups is 1. The molecule has 0 atom stereocenters. The second-order valence-electron chi connectivity index (χ2n) is 4.72. The molecule has 1 saturated heterocycles. The first-order valence-corrected chi connectivity index (χ1v) is 8.05. The van der Waals surface area contributed by atoms with Gasteiger partial charge in [-0.15, -0.1) is 0 Å². The summed E-state index contributed by atoms with van der Waals surface area (Å²) in [7, 11) is -3.50. The van der Waals surface area contributed by atoms with Crippen LogP contribution in [0.4, 0.5) is 15.8 Å². The molecule has 2 N–H and O–H groups in total. The monoisotopic (exact) mass is 325 g/mol. The van der Waals surface area contributed by atoms with Gasteiger partial charge < -0.3 is 5.32 Å². The Balaban J connectivity index is 1.89. The third-order valence-corrected chi connectivity index (χ3v) is 5.08. The van der Waals surface area contributed by atoms with Crippen LogP contribution in [-0.4, -0.2) is 42.0 Å². The number of H-pyrrole nitrogens is 1. The van der Waals surface area contributed by atoms with Crippen LogP contribution in [-0.2, 0) is 10.0 Å².